The van der Waals surface area contributed by atoms with Gasteiger partial charge in [-0.1, -0.05) is 31.3 Å². The Morgan fingerprint density at radius 2 is 1.24 bits per heavy atom. The van der Waals surface area contributed by atoms with E-state index in [-0.39, 0.29) is 42.2 Å². The highest BCUT2D eigenvalue weighted by Crippen LogP contribution is 2.26. The van der Waals surface area contributed by atoms with Gasteiger partial charge in [-0.15, -0.1) is 0 Å². The molecule has 0 bridgehead atoms. The number of rotatable bonds is 8. The Morgan fingerprint density at radius 3 is 1.71 bits per heavy atom. The minimum absolute atomic E-state index is 0. The van der Waals surface area contributed by atoms with Crippen LogP contribution in [0.3, 0.4) is 0 Å². The van der Waals surface area contributed by atoms with Crippen LogP contribution in [-0.2, 0) is 9.84 Å². The van der Waals surface area contributed by atoms with Crippen LogP contribution in [0, 0.1) is 20.2 Å². The fourth-order valence-electron chi connectivity index (χ4n) is 3.48. The van der Waals surface area contributed by atoms with E-state index in [0.29, 0.717) is 16.6 Å². The first-order valence-electron chi connectivity index (χ1n) is 12.0. The predicted octanol–water partition coefficient (Wildman–Crippen LogP) is 4.41. The fraction of sp³-hybridized carbons (Fsp3) is 0.120. The zero-order chi connectivity index (χ0) is 31.4. The number of nitro groups is 2. The van der Waals surface area contributed by atoms with Crippen LogP contribution in [-0.4, -0.2) is 69.9 Å². The molecule has 0 unspecified atom stereocenters. The van der Waals surface area contributed by atoms with Gasteiger partial charge in [0, 0.05) is 30.5 Å². The summed E-state index contributed by atoms with van der Waals surface area (Å²) in [5.41, 5.74) is 0.593. The topological polar surface area (TPSA) is 225 Å². The first-order valence-corrected chi connectivity index (χ1v) is 15.2. The summed E-state index contributed by atoms with van der Waals surface area (Å²) in [6.07, 6.45) is 5.79. The van der Waals surface area contributed by atoms with E-state index in [1.807, 2.05) is 6.26 Å². The smallest absolute Gasteiger partial charge is 0.327 e. The van der Waals surface area contributed by atoms with E-state index in [1.54, 1.807) is 24.4 Å². The molecule has 0 amide bonds. The van der Waals surface area contributed by atoms with Crippen molar-refractivity contribution >= 4 is 44.3 Å². The molecule has 6 rings (SSSR count). The van der Waals surface area contributed by atoms with Gasteiger partial charge in [0.15, 0.2) is 16.5 Å². The molecule has 232 valence electrons. The molecule has 4 aromatic heterocycles. The Bertz CT molecular complexity index is 2140. The maximum atomic E-state index is 11.6. The van der Waals surface area contributed by atoms with Crippen molar-refractivity contribution in [1.29, 1.82) is 0 Å². The largest absolute Gasteiger partial charge is 0.424 e. The Kier molecular flexibility index (Phi) is 9.48. The van der Waals surface area contributed by atoms with Gasteiger partial charge in [0.2, 0.25) is 9.84 Å². The van der Waals surface area contributed by atoms with Crippen LogP contribution in [0.1, 0.15) is 7.43 Å². The van der Waals surface area contributed by atoms with Gasteiger partial charge < -0.3 is 9.47 Å². The number of benzene rings is 2. The van der Waals surface area contributed by atoms with Gasteiger partial charge in [-0.2, -0.15) is 34.2 Å². The summed E-state index contributed by atoms with van der Waals surface area (Å²) >= 11 is 1.37. The van der Waals surface area contributed by atoms with E-state index in [2.05, 4.69) is 30.1 Å². The molecule has 0 spiro atoms. The highest BCUT2D eigenvalue weighted by molar-refractivity contribution is 7.98. The van der Waals surface area contributed by atoms with Gasteiger partial charge in [-0.25, -0.2) is 13.4 Å². The Labute approximate surface area is 257 Å². The molecule has 6 aromatic rings. The number of thioether (sulfide) groups is 1. The maximum Gasteiger partial charge on any atom is 0.327 e. The monoisotopic (exact) mass is 654 g/mol. The van der Waals surface area contributed by atoms with Crippen LogP contribution >= 0.6 is 11.8 Å². The summed E-state index contributed by atoms with van der Waals surface area (Å²) in [6, 6.07) is 14.5. The molecule has 0 fully saturated rings. The zero-order valence-electron chi connectivity index (χ0n) is 22.5. The molecule has 0 radical (unpaired) electrons. The van der Waals surface area contributed by atoms with Gasteiger partial charge in [-0.05, 0) is 18.4 Å². The number of fused-ring (bicyclic) bond motifs is 2. The minimum atomic E-state index is -3.66. The lowest BCUT2D eigenvalue weighted by Gasteiger charge is -2.07. The average Bonchev–Trinajstić information content (AvgIpc) is 3.67. The lowest BCUT2D eigenvalue weighted by Crippen LogP contribution is -2.09. The number of ether oxygens (including phenoxy) is 2. The molecule has 18 nitrogen and oxygen atoms in total. The van der Waals surface area contributed by atoms with Crippen LogP contribution in [0.15, 0.2) is 83.4 Å². The SMILES string of the molecule is C.CS(=O)(=O)c1nc(Oc2cccc([N+](=O)[O-])c2)n2nccc2n1.CSc1nc(Oc2cccc([N+](=O)[O-])c2)n2nccc2n1. The van der Waals surface area contributed by atoms with Crippen LogP contribution in [0.25, 0.3) is 11.3 Å². The lowest BCUT2D eigenvalue weighted by atomic mass is 10.3. The summed E-state index contributed by atoms with van der Waals surface area (Å²) in [6.45, 7) is 0. The molecule has 45 heavy (non-hydrogen) atoms. The van der Waals surface area contributed by atoms with Crippen molar-refractivity contribution in [2.75, 3.05) is 12.5 Å². The van der Waals surface area contributed by atoms with Crippen molar-refractivity contribution in [3.8, 4) is 23.5 Å². The van der Waals surface area contributed by atoms with Crippen LogP contribution in [0.2, 0.25) is 0 Å². The van der Waals surface area contributed by atoms with E-state index in [1.165, 1.54) is 69.5 Å². The number of hydrogen-bond donors (Lipinski definition) is 0. The van der Waals surface area contributed by atoms with Crippen LogP contribution in [0.4, 0.5) is 11.4 Å². The Morgan fingerprint density at radius 1 is 0.756 bits per heavy atom. The van der Waals surface area contributed by atoms with Gasteiger partial charge in [-0.3, -0.25) is 20.2 Å². The highest BCUT2D eigenvalue weighted by Gasteiger charge is 2.18. The van der Waals surface area contributed by atoms with E-state index in [4.69, 9.17) is 9.47 Å². The van der Waals surface area contributed by atoms with E-state index in [0.717, 1.165) is 6.26 Å². The molecule has 2 aromatic carbocycles. The minimum Gasteiger partial charge on any atom is -0.424 e. The summed E-state index contributed by atoms with van der Waals surface area (Å²) < 4.78 is 37.0. The highest BCUT2D eigenvalue weighted by atomic mass is 32.2. The molecule has 0 atom stereocenters. The summed E-state index contributed by atoms with van der Waals surface area (Å²) in [4.78, 5) is 36.7. The van der Waals surface area contributed by atoms with E-state index < -0.39 is 24.8 Å². The van der Waals surface area contributed by atoms with Crippen molar-refractivity contribution in [3.63, 3.8) is 0 Å². The third kappa shape index (κ3) is 7.43. The average molecular weight is 655 g/mol. The standard InChI is InChI=1S/C12H9N5O5S.C12H9N5O3S.CH4/c1-23(20,21)11-14-10-5-6-13-16(10)12(15-11)22-9-4-2-3-8(7-9)17(18)19;1-21-11-14-10-5-6-13-16(10)12(15-11)20-9-4-2-3-8(7-9)17(18)19;/h2-7H,1H3;2-7H,1H3;1H4. The summed E-state index contributed by atoms with van der Waals surface area (Å²) in [5.74, 6) is 0.431. The third-order valence-corrected chi connectivity index (χ3v) is 6.79. The first-order chi connectivity index (χ1) is 21.0. The molecule has 4 heterocycles. The predicted molar refractivity (Wildman–Crippen MR) is 160 cm³/mol. The van der Waals surface area contributed by atoms with E-state index in [9.17, 15) is 28.6 Å². The molecular formula is C25H22N10O8S2. The van der Waals surface area contributed by atoms with Gasteiger partial charge in [0.05, 0.1) is 34.4 Å². The van der Waals surface area contributed by atoms with Gasteiger partial charge >= 0.3 is 12.0 Å². The Balaban J connectivity index is 0.000000201. The second-order valence-corrected chi connectivity index (χ2v) is 11.2. The van der Waals surface area contributed by atoms with Crippen LogP contribution < -0.4 is 9.47 Å². The summed E-state index contributed by atoms with van der Waals surface area (Å²) in [7, 11) is -3.66. The van der Waals surface area contributed by atoms with E-state index >= 15 is 0 Å². The number of non-ortho nitro benzene ring substituents is 2. The van der Waals surface area contributed by atoms with Gasteiger partial charge in [0.25, 0.3) is 16.5 Å². The van der Waals surface area contributed by atoms with Crippen molar-refractivity contribution in [2.24, 2.45) is 0 Å². The van der Waals surface area contributed by atoms with Crippen LogP contribution in [0.5, 0.6) is 23.5 Å². The lowest BCUT2D eigenvalue weighted by molar-refractivity contribution is -0.385. The second kappa shape index (κ2) is 13.3. The molecule has 0 aliphatic rings. The molecule has 20 heteroatoms. The third-order valence-electron chi connectivity index (χ3n) is 5.40. The number of nitrogens with zero attached hydrogens (tertiary/aromatic N) is 10. The maximum absolute atomic E-state index is 11.6. The summed E-state index contributed by atoms with van der Waals surface area (Å²) in [5, 5.41) is 29.7. The van der Waals surface area contributed by atoms with Crippen molar-refractivity contribution in [2.45, 2.75) is 17.7 Å². The Hall–Kier alpha value is -5.76. The molecular weight excluding hydrogens is 632 g/mol. The first kappa shape index (κ1) is 32.2. The number of aromatic nitrogens is 8. The van der Waals surface area contributed by atoms with Gasteiger partial charge in [0.1, 0.15) is 11.5 Å². The number of sulfone groups is 1. The zero-order valence-corrected chi connectivity index (χ0v) is 24.1. The number of nitro benzene ring substituents is 2. The molecule has 0 saturated carbocycles. The molecule has 0 aliphatic heterocycles. The van der Waals surface area contributed by atoms with Crippen molar-refractivity contribution in [1.82, 2.24) is 39.2 Å². The quantitative estimate of drug-likeness (QED) is 0.126. The van der Waals surface area contributed by atoms with Crippen molar-refractivity contribution in [3.05, 3.63) is 93.3 Å². The molecule has 0 N–H and O–H groups in total. The van der Waals surface area contributed by atoms with Crippen molar-refractivity contribution < 1.29 is 27.7 Å². The second-order valence-electron chi connectivity index (χ2n) is 8.47. The normalized spacial score (nSPS) is 10.9. The fourth-order valence-corrected chi connectivity index (χ4v) is 4.34. The number of hydrogen-bond acceptors (Lipinski definition) is 15. The molecule has 0 aliphatic carbocycles. The molecule has 0 saturated heterocycles.